The molecule has 180 valence electrons. The van der Waals surface area contributed by atoms with Crippen LogP contribution >= 0.6 is 11.3 Å². The summed E-state index contributed by atoms with van der Waals surface area (Å²) in [4.78, 5) is 25.1. The molecule has 2 aromatic heterocycles. The Morgan fingerprint density at radius 2 is 1.94 bits per heavy atom. The lowest BCUT2D eigenvalue weighted by molar-refractivity contribution is -0.137. The van der Waals surface area contributed by atoms with Crippen molar-refractivity contribution in [3.8, 4) is 10.6 Å². The molecule has 3 heterocycles. The van der Waals surface area contributed by atoms with Gasteiger partial charge in [0.1, 0.15) is 5.01 Å². The van der Waals surface area contributed by atoms with Gasteiger partial charge < -0.3 is 10.2 Å². The molecule has 0 spiro atoms. The maximum Gasteiger partial charge on any atom is 0.416 e. The molecule has 0 unspecified atom stereocenters. The zero-order chi connectivity index (χ0) is 24.0. The number of hydrogen-bond acceptors (Lipinski definition) is 6. The third kappa shape index (κ3) is 6.54. The van der Waals surface area contributed by atoms with Crippen LogP contribution < -0.4 is 10.2 Å². The Morgan fingerprint density at radius 3 is 2.68 bits per heavy atom. The number of aromatic nitrogens is 2. The van der Waals surface area contributed by atoms with Gasteiger partial charge >= 0.3 is 6.18 Å². The lowest BCUT2D eigenvalue weighted by atomic mass is 10.1. The van der Waals surface area contributed by atoms with E-state index in [9.17, 15) is 18.0 Å². The molecule has 3 aromatic rings. The number of anilines is 1. The van der Waals surface area contributed by atoms with Crippen molar-refractivity contribution < 1.29 is 18.0 Å². The number of benzene rings is 1. The second-order valence-electron chi connectivity index (χ2n) is 8.14. The maximum absolute atomic E-state index is 13.0. The fraction of sp³-hybridized carbons (Fsp3) is 0.375. The van der Waals surface area contributed by atoms with Crippen LogP contribution in [0.5, 0.6) is 0 Å². The van der Waals surface area contributed by atoms with Gasteiger partial charge in [-0.25, -0.2) is 4.98 Å². The first kappa shape index (κ1) is 24.2. The molecule has 10 heteroatoms. The van der Waals surface area contributed by atoms with Crippen molar-refractivity contribution in [1.29, 1.82) is 0 Å². The molecule has 0 saturated carbocycles. The lowest BCUT2D eigenvalue weighted by Crippen LogP contribution is -2.47. The number of piperazine rings is 1. The molecule has 4 rings (SSSR count). The number of pyridine rings is 1. The Kier molecular flexibility index (Phi) is 7.79. The van der Waals surface area contributed by atoms with Gasteiger partial charge in [-0.1, -0.05) is 6.07 Å². The number of hydrogen-bond donors (Lipinski definition) is 1. The number of nitrogens with one attached hydrogen (secondary N) is 1. The predicted octanol–water partition coefficient (Wildman–Crippen LogP) is 4.09. The van der Waals surface area contributed by atoms with Crippen LogP contribution in [-0.4, -0.2) is 60.0 Å². The molecule has 1 amide bonds. The quantitative estimate of drug-likeness (QED) is 0.483. The number of alkyl halides is 3. The number of amides is 1. The number of thiazole rings is 1. The van der Waals surface area contributed by atoms with Gasteiger partial charge in [-0.15, -0.1) is 11.3 Å². The fourth-order valence-corrected chi connectivity index (χ4v) is 4.69. The highest BCUT2D eigenvalue weighted by Crippen LogP contribution is 2.32. The van der Waals surface area contributed by atoms with E-state index in [-0.39, 0.29) is 12.3 Å². The van der Waals surface area contributed by atoms with E-state index >= 15 is 0 Å². The summed E-state index contributed by atoms with van der Waals surface area (Å²) < 4.78 is 38.9. The van der Waals surface area contributed by atoms with Crippen LogP contribution in [0.25, 0.3) is 10.6 Å². The molecule has 1 saturated heterocycles. The minimum absolute atomic E-state index is 0.0580. The standard InChI is InChI=1S/C24H26F3N5OS/c25-24(26,27)19-5-1-6-21(14-19)32-12-10-31(11-13-32)9-3-8-29-22(33)15-20-17-34-23(30-20)18-4-2-7-28-16-18/h1-2,4-7,14,16-17H,3,8-13,15H2,(H,29,33). The van der Waals surface area contributed by atoms with Gasteiger partial charge in [0, 0.05) is 61.7 Å². The van der Waals surface area contributed by atoms with E-state index in [4.69, 9.17) is 0 Å². The first-order valence-corrected chi connectivity index (χ1v) is 12.0. The topological polar surface area (TPSA) is 61.4 Å². The van der Waals surface area contributed by atoms with Gasteiger partial charge in [0.25, 0.3) is 0 Å². The Bertz CT molecular complexity index is 1080. The molecular weight excluding hydrogens is 463 g/mol. The van der Waals surface area contributed by atoms with Crippen molar-refractivity contribution in [3.63, 3.8) is 0 Å². The molecule has 34 heavy (non-hydrogen) atoms. The number of halogens is 3. The Labute approximate surface area is 200 Å². The van der Waals surface area contributed by atoms with E-state index in [1.807, 2.05) is 22.4 Å². The first-order valence-electron chi connectivity index (χ1n) is 11.1. The van der Waals surface area contributed by atoms with Crippen molar-refractivity contribution in [3.05, 3.63) is 65.4 Å². The molecule has 0 aliphatic carbocycles. The van der Waals surface area contributed by atoms with Crippen molar-refractivity contribution in [2.45, 2.75) is 19.0 Å². The smallest absolute Gasteiger partial charge is 0.369 e. The summed E-state index contributed by atoms with van der Waals surface area (Å²) in [7, 11) is 0. The highest BCUT2D eigenvalue weighted by molar-refractivity contribution is 7.13. The van der Waals surface area contributed by atoms with E-state index in [0.717, 1.165) is 48.4 Å². The zero-order valence-electron chi connectivity index (χ0n) is 18.6. The summed E-state index contributed by atoms with van der Waals surface area (Å²) in [5.41, 5.74) is 1.67. The monoisotopic (exact) mass is 489 g/mol. The van der Waals surface area contributed by atoms with Crippen LogP contribution in [-0.2, 0) is 17.4 Å². The maximum atomic E-state index is 13.0. The van der Waals surface area contributed by atoms with E-state index in [2.05, 4.69) is 20.2 Å². The Morgan fingerprint density at radius 1 is 1.12 bits per heavy atom. The minimum Gasteiger partial charge on any atom is -0.369 e. The molecule has 0 radical (unpaired) electrons. The molecule has 1 aliphatic rings. The molecule has 1 aliphatic heterocycles. The summed E-state index contributed by atoms with van der Waals surface area (Å²) in [5, 5.41) is 5.69. The van der Waals surface area contributed by atoms with Crippen molar-refractivity contribution in [2.24, 2.45) is 0 Å². The molecular formula is C24H26F3N5OS. The van der Waals surface area contributed by atoms with Crippen LogP contribution in [0.15, 0.2) is 54.2 Å². The predicted molar refractivity (Wildman–Crippen MR) is 127 cm³/mol. The Hall–Kier alpha value is -2.98. The van der Waals surface area contributed by atoms with Crippen LogP contribution in [0.1, 0.15) is 17.7 Å². The highest BCUT2D eigenvalue weighted by atomic mass is 32.1. The van der Waals surface area contributed by atoms with E-state index in [1.54, 1.807) is 18.5 Å². The molecule has 6 nitrogen and oxygen atoms in total. The second-order valence-corrected chi connectivity index (χ2v) is 9.00. The number of nitrogens with zero attached hydrogens (tertiary/aromatic N) is 4. The van der Waals surface area contributed by atoms with Crippen LogP contribution in [0, 0.1) is 0 Å². The normalized spacial score (nSPS) is 14.9. The number of carbonyl (C=O) groups is 1. The third-order valence-electron chi connectivity index (χ3n) is 5.69. The third-order valence-corrected chi connectivity index (χ3v) is 6.63. The van der Waals surface area contributed by atoms with Crippen LogP contribution in [0.3, 0.4) is 0 Å². The minimum atomic E-state index is -4.33. The van der Waals surface area contributed by atoms with Crippen LogP contribution in [0.4, 0.5) is 18.9 Å². The summed E-state index contributed by atoms with van der Waals surface area (Å²) >= 11 is 1.49. The molecule has 1 N–H and O–H groups in total. The molecule has 1 fully saturated rings. The number of carbonyl (C=O) groups excluding carboxylic acids is 1. The highest BCUT2D eigenvalue weighted by Gasteiger charge is 2.31. The van der Waals surface area contributed by atoms with Gasteiger partial charge in [0.05, 0.1) is 17.7 Å². The summed E-state index contributed by atoms with van der Waals surface area (Å²) in [6.45, 7) is 4.32. The lowest BCUT2D eigenvalue weighted by Gasteiger charge is -2.36. The van der Waals surface area contributed by atoms with E-state index in [0.29, 0.717) is 25.3 Å². The first-order chi connectivity index (χ1) is 16.4. The fourth-order valence-electron chi connectivity index (χ4n) is 3.88. The summed E-state index contributed by atoms with van der Waals surface area (Å²) in [6.07, 6.45) is 0.187. The van der Waals surface area contributed by atoms with Crippen LogP contribution in [0.2, 0.25) is 0 Å². The molecule has 0 bridgehead atoms. The van der Waals surface area contributed by atoms with Gasteiger partial charge in [0.15, 0.2) is 0 Å². The van der Waals surface area contributed by atoms with E-state index < -0.39 is 11.7 Å². The van der Waals surface area contributed by atoms with Crippen molar-refractivity contribution in [1.82, 2.24) is 20.2 Å². The average Bonchev–Trinajstić information content (AvgIpc) is 3.31. The SMILES string of the molecule is O=C(Cc1csc(-c2cccnc2)n1)NCCCN1CCN(c2cccc(C(F)(F)F)c2)CC1. The second kappa shape index (κ2) is 11.0. The molecule has 1 aromatic carbocycles. The van der Waals surface area contributed by atoms with E-state index in [1.165, 1.54) is 23.5 Å². The van der Waals surface area contributed by atoms with Gasteiger partial charge in [0.2, 0.25) is 5.91 Å². The van der Waals surface area contributed by atoms with Gasteiger partial charge in [-0.3, -0.25) is 14.7 Å². The zero-order valence-corrected chi connectivity index (χ0v) is 19.4. The average molecular weight is 490 g/mol. The molecule has 0 atom stereocenters. The largest absolute Gasteiger partial charge is 0.416 e. The number of rotatable bonds is 8. The van der Waals surface area contributed by atoms with Gasteiger partial charge in [-0.2, -0.15) is 13.2 Å². The van der Waals surface area contributed by atoms with Crippen molar-refractivity contribution >= 4 is 22.9 Å². The van der Waals surface area contributed by atoms with Crippen molar-refractivity contribution in [2.75, 3.05) is 44.2 Å². The Balaban J connectivity index is 1.15. The summed E-state index contributed by atoms with van der Waals surface area (Å²) in [6, 6.07) is 9.29. The summed E-state index contributed by atoms with van der Waals surface area (Å²) in [5.74, 6) is -0.0580. The van der Waals surface area contributed by atoms with Gasteiger partial charge in [-0.05, 0) is 43.3 Å².